The molecule has 29 heavy (non-hydrogen) atoms. The highest BCUT2D eigenvalue weighted by atomic mass is 15.6. The zero-order valence-electron chi connectivity index (χ0n) is 18.5. The largest absolute Gasteiger partial charge is 0.298 e. The fourth-order valence-corrected chi connectivity index (χ4v) is 4.92. The molecule has 158 valence electrons. The molecule has 2 aliphatic rings. The van der Waals surface area contributed by atoms with Crippen LogP contribution in [0.4, 0.5) is 0 Å². The summed E-state index contributed by atoms with van der Waals surface area (Å²) in [5, 5.41) is 12.9. The maximum Gasteiger partial charge on any atom is 0.173 e. The molecule has 4 rings (SSSR count). The molecule has 1 aromatic carbocycles. The van der Waals surface area contributed by atoms with E-state index in [2.05, 4.69) is 77.3 Å². The van der Waals surface area contributed by atoms with Crippen molar-refractivity contribution in [2.24, 2.45) is 0 Å². The molecule has 1 saturated carbocycles. The number of aromatic nitrogens is 4. The quantitative estimate of drug-likeness (QED) is 0.787. The Morgan fingerprint density at radius 1 is 0.931 bits per heavy atom. The van der Waals surface area contributed by atoms with Crippen LogP contribution in [-0.4, -0.2) is 62.2 Å². The minimum absolute atomic E-state index is 0.0957. The second-order valence-corrected chi connectivity index (χ2v) is 9.80. The van der Waals surface area contributed by atoms with E-state index in [1.54, 1.807) is 0 Å². The molecule has 1 aromatic heterocycles. The Balaban J connectivity index is 1.58. The van der Waals surface area contributed by atoms with Gasteiger partial charge in [0, 0.05) is 32.2 Å². The number of hydrogen-bond acceptors (Lipinski definition) is 5. The van der Waals surface area contributed by atoms with Gasteiger partial charge in [-0.25, -0.2) is 4.68 Å². The normalized spacial score (nSPS) is 21.4. The van der Waals surface area contributed by atoms with Crippen LogP contribution in [0, 0.1) is 6.92 Å². The summed E-state index contributed by atoms with van der Waals surface area (Å²) >= 11 is 0. The summed E-state index contributed by atoms with van der Waals surface area (Å²) in [6, 6.07) is 9.78. The van der Waals surface area contributed by atoms with Gasteiger partial charge in [-0.15, -0.1) is 5.10 Å². The van der Waals surface area contributed by atoms with Crippen LogP contribution in [0.2, 0.25) is 0 Å². The van der Waals surface area contributed by atoms with Gasteiger partial charge in [0.1, 0.15) is 0 Å². The summed E-state index contributed by atoms with van der Waals surface area (Å²) in [4.78, 5) is 5.31. The van der Waals surface area contributed by atoms with Crippen LogP contribution < -0.4 is 0 Å². The lowest BCUT2D eigenvalue weighted by Crippen LogP contribution is -2.52. The second kappa shape index (κ2) is 8.52. The van der Waals surface area contributed by atoms with Crippen molar-refractivity contribution in [1.29, 1.82) is 0 Å². The van der Waals surface area contributed by atoms with E-state index in [0.717, 1.165) is 38.0 Å². The third kappa shape index (κ3) is 4.53. The Kier molecular flexibility index (Phi) is 6.02. The summed E-state index contributed by atoms with van der Waals surface area (Å²) in [6.07, 6.45) is 6.98. The molecule has 1 aliphatic heterocycles. The zero-order valence-corrected chi connectivity index (χ0v) is 18.5. The lowest BCUT2D eigenvalue weighted by Gasteiger charge is -2.43. The summed E-state index contributed by atoms with van der Waals surface area (Å²) in [5.74, 6) is 0.951. The van der Waals surface area contributed by atoms with E-state index in [-0.39, 0.29) is 11.6 Å². The van der Waals surface area contributed by atoms with Crippen LogP contribution in [0.1, 0.15) is 75.9 Å². The molecule has 1 saturated heterocycles. The summed E-state index contributed by atoms with van der Waals surface area (Å²) in [7, 11) is 0. The number of piperazine rings is 1. The summed E-state index contributed by atoms with van der Waals surface area (Å²) < 4.78 is 2.00. The van der Waals surface area contributed by atoms with Gasteiger partial charge in [-0.05, 0) is 56.5 Å². The second-order valence-electron chi connectivity index (χ2n) is 9.80. The van der Waals surface area contributed by atoms with Crippen molar-refractivity contribution < 1.29 is 0 Å². The number of rotatable bonds is 4. The zero-order chi connectivity index (χ0) is 20.4. The fraction of sp³-hybridized carbons (Fsp3) is 0.696. The van der Waals surface area contributed by atoms with E-state index in [1.165, 1.54) is 43.2 Å². The van der Waals surface area contributed by atoms with Crippen molar-refractivity contribution in [2.75, 3.05) is 26.2 Å². The highest BCUT2D eigenvalue weighted by molar-refractivity contribution is 5.28. The SMILES string of the molecule is Cc1ccc([C@@H](c2nnnn2C(C)(C)C)N2CCN(C3CCCCC3)CC2)cc1. The maximum atomic E-state index is 4.51. The first-order valence-electron chi connectivity index (χ1n) is 11.3. The van der Waals surface area contributed by atoms with E-state index in [0.29, 0.717) is 0 Å². The molecule has 2 fully saturated rings. The minimum atomic E-state index is -0.147. The molecule has 0 radical (unpaired) electrons. The van der Waals surface area contributed by atoms with E-state index < -0.39 is 0 Å². The molecule has 2 aromatic rings. The van der Waals surface area contributed by atoms with E-state index in [1.807, 2.05) is 4.68 Å². The summed E-state index contributed by atoms with van der Waals surface area (Å²) in [6.45, 7) is 13.0. The van der Waals surface area contributed by atoms with Gasteiger partial charge in [-0.3, -0.25) is 9.80 Å². The summed E-state index contributed by atoms with van der Waals surface area (Å²) in [5.41, 5.74) is 2.41. The van der Waals surface area contributed by atoms with Gasteiger partial charge in [-0.1, -0.05) is 49.1 Å². The van der Waals surface area contributed by atoms with E-state index in [4.69, 9.17) is 0 Å². The number of tetrazole rings is 1. The number of aryl methyl sites for hydroxylation is 1. The first kappa shape index (κ1) is 20.5. The first-order valence-corrected chi connectivity index (χ1v) is 11.3. The Labute approximate surface area is 175 Å². The van der Waals surface area contributed by atoms with Gasteiger partial charge in [-0.2, -0.15) is 0 Å². The molecule has 0 N–H and O–H groups in total. The predicted molar refractivity (Wildman–Crippen MR) is 116 cm³/mol. The topological polar surface area (TPSA) is 50.1 Å². The van der Waals surface area contributed by atoms with Crippen molar-refractivity contribution in [2.45, 2.75) is 77.4 Å². The van der Waals surface area contributed by atoms with Gasteiger partial charge in [0.2, 0.25) is 0 Å². The molecule has 1 aliphatic carbocycles. The van der Waals surface area contributed by atoms with Crippen LogP contribution in [-0.2, 0) is 5.54 Å². The molecule has 0 bridgehead atoms. The van der Waals surface area contributed by atoms with Crippen molar-refractivity contribution >= 4 is 0 Å². The van der Waals surface area contributed by atoms with Crippen LogP contribution in [0.25, 0.3) is 0 Å². The first-order chi connectivity index (χ1) is 13.9. The van der Waals surface area contributed by atoms with Crippen molar-refractivity contribution in [3.63, 3.8) is 0 Å². The molecular weight excluding hydrogens is 360 g/mol. The number of benzene rings is 1. The molecule has 6 heteroatoms. The molecule has 0 unspecified atom stereocenters. The third-order valence-corrected chi connectivity index (χ3v) is 6.57. The molecule has 1 atom stereocenters. The highest BCUT2D eigenvalue weighted by Crippen LogP contribution is 2.32. The minimum Gasteiger partial charge on any atom is -0.298 e. The van der Waals surface area contributed by atoms with E-state index in [9.17, 15) is 0 Å². The number of hydrogen-bond donors (Lipinski definition) is 0. The van der Waals surface area contributed by atoms with Crippen molar-refractivity contribution in [3.05, 3.63) is 41.2 Å². The third-order valence-electron chi connectivity index (χ3n) is 6.57. The van der Waals surface area contributed by atoms with E-state index >= 15 is 0 Å². The molecule has 6 nitrogen and oxygen atoms in total. The lowest BCUT2D eigenvalue weighted by molar-refractivity contribution is 0.0609. The molecular formula is C23H36N6. The Hall–Kier alpha value is -1.79. The smallest absolute Gasteiger partial charge is 0.173 e. The van der Waals surface area contributed by atoms with Gasteiger partial charge in [0.25, 0.3) is 0 Å². The Morgan fingerprint density at radius 3 is 2.21 bits per heavy atom. The maximum absolute atomic E-state index is 4.51. The molecule has 2 heterocycles. The Morgan fingerprint density at radius 2 is 1.59 bits per heavy atom. The van der Waals surface area contributed by atoms with Gasteiger partial charge in [0.15, 0.2) is 5.82 Å². The van der Waals surface area contributed by atoms with Crippen LogP contribution in [0.3, 0.4) is 0 Å². The fourth-order valence-electron chi connectivity index (χ4n) is 4.92. The van der Waals surface area contributed by atoms with Crippen LogP contribution in [0.5, 0.6) is 0 Å². The number of nitrogens with zero attached hydrogens (tertiary/aromatic N) is 6. The average molecular weight is 397 g/mol. The monoisotopic (exact) mass is 396 g/mol. The van der Waals surface area contributed by atoms with Gasteiger partial charge in [0.05, 0.1) is 11.6 Å². The van der Waals surface area contributed by atoms with Crippen molar-refractivity contribution in [3.8, 4) is 0 Å². The van der Waals surface area contributed by atoms with Gasteiger partial charge < -0.3 is 0 Å². The molecule has 0 amide bonds. The lowest BCUT2D eigenvalue weighted by atomic mass is 9.93. The van der Waals surface area contributed by atoms with Gasteiger partial charge >= 0.3 is 0 Å². The Bertz CT molecular complexity index is 776. The highest BCUT2D eigenvalue weighted by Gasteiger charge is 2.34. The molecule has 0 spiro atoms. The van der Waals surface area contributed by atoms with Crippen molar-refractivity contribution in [1.82, 2.24) is 30.0 Å². The average Bonchev–Trinajstić information content (AvgIpc) is 3.21. The van der Waals surface area contributed by atoms with Crippen LogP contribution in [0.15, 0.2) is 24.3 Å². The predicted octanol–water partition coefficient (Wildman–Crippen LogP) is 3.78. The standard InChI is InChI=1S/C23H36N6/c1-18-10-12-19(13-11-18)21(22-24-25-26-29(22)23(2,3)4)28-16-14-27(15-17-28)20-8-6-5-7-9-20/h10-13,20-21H,5-9,14-17H2,1-4H3/t21-/m0/s1. The van der Waals surface area contributed by atoms with Crippen LogP contribution >= 0.6 is 0 Å².